The zero-order valence-corrected chi connectivity index (χ0v) is 11.2. The Morgan fingerprint density at radius 3 is 1.56 bits per heavy atom. The standard InChI is InChI=1S/C13H13IN2/c1-15-12-6-2-10(3-7-12)11-4-8-13(16-14)9-5-11/h2-9,15-16H,1H3. The summed E-state index contributed by atoms with van der Waals surface area (Å²) in [6, 6.07) is 16.8. The van der Waals surface area contributed by atoms with Crippen molar-refractivity contribution in [1.82, 2.24) is 0 Å². The Kier molecular flexibility index (Phi) is 3.66. The molecule has 0 atom stereocenters. The van der Waals surface area contributed by atoms with Crippen molar-refractivity contribution in [2.75, 3.05) is 15.9 Å². The molecule has 2 rings (SSSR count). The molecule has 0 spiro atoms. The zero-order valence-electron chi connectivity index (χ0n) is 9.00. The average Bonchev–Trinajstić information content (AvgIpc) is 2.39. The van der Waals surface area contributed by atoms with E-state index in [4.69, 9.17) is 0 Å². The van der Waals surface area contributed by atoms with Crippen molar-refractivity contribution in [2.24, 2.45) is 0 Å². The van der Waals surface area contributed by atoms with Crippen LogP contribution in [0.2, 0.25) is 0 Å². The third kappa shape index (κ3) is 2.47. The van der Waals surface area contributed by atoms with Crippen molar-refractivity contribution >= 4 is 34.2 Å². The number of hydrogen-bond donors (Lipinski definition) is 2. The van der Waals surface area contributed by atoms with E-state index in [2.05, 4.69) is 80.2 Å². The van der Waals surface area contributed by atoms with Crippen LogP contribution in [0.1, 0.15) is 0 Å². The Hall–Kier alpha value is -1.23. The Labute approximate surface area is 110 Å². The summed E-state index contributed by atoms with van der Waals surface area (Å²) in [5.74, 6) is 0. The molecule has 0 fully saturated rings. The molecule has 82 valence electrons. The summed E-state index contributed by atoms with van der Waals surface area (Å²) in [4.78, 5) is 0. The second-order valence-electron chi connectivity index (χ2n) is 3.50. The van der Waals surface area contributed by atoms with Gasteiger partial charge in [-0.2, -0.15) is 0 Å². The van der Waals surface area contributed by atoms with Gasteiger partial charge < -0.3 is 8.85 Å². The van der Waals surface area contributed by atoms with Gasteiger partial charge in [0, 0.05) is 18.4 Å². The number of hydrogen-bond acceptors (Lipinski definition) is 2. The van der Waals surface area contributed by atoms with Crippen LogP contribution in [0.3, 0.4) is 0 Å². The van der Waals surface area contributed by atoms with Gasteiger partial charge in [0.05, 0.1) is 22.9 Å². The number of benzene rings is 2. The Morgan fingerprint density at radius 2 is 1.19 bits per heavy atom. The van der Waals surface area contributed by atoms with Gasteiger partial charge in [-0.1, -0.05) is 24.3 Å². The molecule has 0 saturated carbocycles. The van der Waals surface area contributed by atoms with Crippen LogP contribution < -0.4 is 8.85 Å². The first-order valence-electron chi connectivity index (χ1n) is 5.08. The van der Waals surface area contributed by atoms with Crippen molar-refractivity contribution in [1.29, 1.82) is 0 Å². The van der Waals surface area contributed by atoms with Gasteiger partial charge in [-0.05, 0) is 35.4 Å². The second kappa shape index (κ2) is 5.21. The van der Waals surface area contributed by atoms with Crippen molar-refractivity contribution < 1.29 is 0 Å². The van der Waals surface area contributed by atoms with E-state index in [-0.39, 0.29) is 0 Å². The Bertz CT molecular complexity index is 403. The number of anilines is 2. The molecule has 0 aliphatic carbocycles. The number of rotatable bonds is 3. The molecule has 0 aliphatic rings. The summed E-state index contributed by atoms with van der Waals surface area (Å²) in [5, 5.41) is 3.11. The monoisotopic (exact) mass is 324 g/mol. The molecule has 0 unspecified atom stereocenters. The van der Waals surface area contributed by atoms with Crippen LogP contribution in [0.5, 0.6) is 0 Å². The van der Waals surface area contributed by atoms with Crippen molar-refractivity contribution in [3.8, 4) is 11.1 Å². The molecule has 2 N–H and O–H groups in total. The molecule has 0 bridgehead atoms. The SMILES string of the molecule is CNc1ccc(-c2ccc(NI)cc2)cc1. The Morgan fingerprint density at radius 1 is 0.750 bits per heavy atom. The lowest BCUT2D eigenvalue weighted by molar-refractivity contribution is 1.51. The first kappa shape index (κ1) is 11.3. The molecule has 0 heterocycles. The second-order valence-corrected chi connectivity index (χ2v) is 4.04. The molecule has 3 heteroatoms. The lowest BCUT2D eigenvalue weighted by atomic mass is 10.1. The molecule has 2 nitrogen and oxygen atoms in total. The largest absolute Gasteiger partial charge is 0.388 e. The average molecular weight is 324 g/mol. The van der Waals surface area contributed by atoms with Gasteiger partial charge in [-0.3, -0.25) is 0 Å². The van der Waals surface area contributed by atoms with Gasteiger partial charge in [0.1, 0.15) is 0 Å². The van der Waals surface area contributed by atoms with E-state index in [1.165, 1.54) is 11.1 Å². The molecule has 0 aliphatic heterocycles. The summed E-state index contributed by atoms with van der Waals surface area (Å²) in [5.41, 5.74) is 4.72. The molecular weight excluding hydrogens is 311 g/mol. The topological polar surface area (TPSA) is 24.1 Å². The fourth-order valence-corrected chi connectivity index (χ4v) is 1.91. The first-order valence-corrected chi connectivity index (χ1v) is 6.16. The zero-order chi connectivity index (χ0) is 11.4. The highest BCUT2D eigenvalue weighted by molar-refractivity contribution is 14.1. The van der Waals surface area contributed by atoms with E-state index in [1.807, 2.05) is 7.05 Å². The predicted molar refractivity (Wildman–Crippen MR) is 79.1 cm³/mol. The van der Waals surface area contributed by atoms with Crippen LogP contribution in [0.4, 0.5) is 11.4 Å². The van der Waals surface area contributed by atoms with Gasteiger partial charge in [-0.25, -0.2) is 0 Å². The predicted octanol–water partition coefficient (Wildman–Crippen LogP) is 4.16. The van der Waals surface area contributed by atoms with E-state index in [1.54, 1.807) is 0 Å². The van der Waals surface area contributed by atoms with Crippen LogP contribution in [0.15, 0.2) is 48.5 Å². The van der Waals surface area contributed by atoms with Crippen LogP contribution in [0, 0.1) is 0 Å². The van der Waals surface area contributed by atoms with Crippen LogP contribution in [0.25, 0.3) is 11.1 Å². The van der Waals surface area contributed by atoms with Crippen LogP contribution >= 0.6 is 22.9 Å². The first-order chi connectivity index (χ1) is 7.83. The maximum Gasteiger partial charge on any atom is 0.0560 e. The molecule has 0 saturated heterocycles. The lowest BCUT2D eigenvalue weighted by Gasteiger charge is -2.05. The number of halogens is 1. The highest BCUT2D eigenvalue weighted by Crippen LogP contribution is 2.23. The summed E-state index contributed by atoms with van der Waals surface area (Å²) >= 11 is 2.13. The maximum atomic E-state index is 3.11. The lowest BCUT2D eigenvalue weighted by Crippen LogP contribution is -1.87. The third-order valence-electron chi connectivity index (χ3n) is 2.50. The molecule has 2 aromatic rings. The van der Waals surface area contributed by atoms with Gasteiger partial charge in [0.15, 0.2) is 0 Å². The minimum Gasteiger partial charge on any atom is -0.388 e. The molecule has 0 radical (unpaired) electrons. The fraction of sp³-hybridized carbons (Fsp3) is 0.0769. The molecule has 0 amide bonds. The Balaban J connectivity index is 2.28. The van der Waals surface area contributed by atoms with Crippen molar-refractivity contribution in [3.05, 3.63) is 48.5 Å². The minimum absolute atomic E-state index is 1.12. The van der Waals surface area contributed by atoms with Gasteiger partial charge in [0.2, 0.25) is 0 Å². The number of nitrogens with one attached hydrogen (secondary N) is 2. The van der Waals surface area contributed by atoms with E-state index in [0.717, 1.165) is 11.4 Å². The summed E-state index contributed by atoms with van der Waals surface area (Å²) < 4.78 is 3.08. The minimum atomic E-state index is 1.12. The van der Waals surface area contributed by atoms with E-state index in [0.29, 0.717) is 0 Å². The van der Waals surface area contributed by atoms with Crippen molar-refractivity contribution in [3.63, 3.8) is 0 Å². The van der Waals surface area contributed by atoms with Crippen molar-refractivity contribution in [2.45, 2.75) is 0 Å². The molecule has 0 aromatic heterocycles. The van der Waals surface area contributed by atoms with Crippen LogP contribution in [-0.2, 0) is 0 Å². The molecular formula is C13H13IN2. The summed E-state index contributed by atoms with van der Waals surface area (Å²) in [6.45, 7) is 0. The normalized spacial score (nSPS) is 9.88. The quantitative estimate of drug-likeness (QED) is 0.654. The van der Waals surface area contributed by atoms with Gasteiger partial charge >= 0.3 is 0 Å². The van der Waals surface area contributed by atoms with E-state index in [9.17, 15) is 0 Å². The van der Waals surface area contributed by atoms with Gasteiger partial charge in [0.25, 0.3) is 0 Å². The van der Waals surface area contributed by atoms with Gasteiger partial charge in [-0.15, -0.1) is 0 Å². The highest BCUT2D eigenvalue weighted by Gasteiger charge is 1.97. The van der Waals surface area contributed by atoms with E-state index < -0.39 is 0 Å². The maximum absolute atomic E-state index is 3.11. The highest BCUT2D eigenvalue weighted by atomic mass is 127. The molecule has 2 aromatic carbocycles. The summed E-state index contributed by atoms with van der Waals surface area (Å²) in [6.07, 6.45) is 0. The third-order valence-corrected chi connectivity index (χ3v) is 3.12. The van der Waals surface area contributed by atoms with E-state index >= 15 is 0 Å². The fourth-order valence-electron chi connectivity index (χ4n) is 1.56. The summed E-state index contributed by atoms with van der Waals surface area (Å²) in [7, 11) is 1.93. The van der Waals surface area contributed by atoms with Crippen LogP contribution in [-0.4, -0.2) is 7.05 Å². The molecule has 16 heavy (non-hydrogen) atoms. The smallest absolute Gasteiger partial charge is 0.0560 e.